The summed E-state index contributed by atoms with van der Waals surface area (Å²) in [6, 6.07) is 6.01. The summed E-state index contributed by atoms with van der Waals surface area (Å²) in [6.07, 6.45) is -0.0954. The van der Waals surface area contributed by atoms with Gasteiger partial charge in [0, 0.05) is 37.6 Å². The maximum absolute atomic E-state index is 13.0. The number of likely N-dealkylation sites (N-methyl/N-ethyl adjacent to an activating group) is 1. The van der Waals surface area contributed by atoms with Crippen LogP contribution in [0, 0.1) is 0 Å². The molecule has 4 N–H and O–H groups in total. The van der Waals surface area contributed by atoms with Gasteiger partial charge in [-0.15, -0.1) is 0 Å². The summed E-state index contributed by atoms with van der Waals surface area (Å²) in [5.41, 5.74) is 6.31. The highest BCUT2D eigenvalue weighted by Crippen LogP contribution is 2.37. The zero-order chi connectivity index (χ0) is 20.3. The lowest BCUT2D eigenvalue weighted by Gasteiger charge is -2.30. The van der Waals surface area contributed by atoms with Crippen molar-refractivity contribution in [2.24, 2.45) is 5.73 Å². The lowest BCUT2D eigenvalue weighted by atomic mass is 9.97. The van der Waals surface area contributed by atoms with Crippen molar-refractivity contribution in [3.63, 3.8) is 0 Å². The minimum absolute atomic E-state index is 0.224. The quantitative estimate of drug-likeness (QED) is 0.655. The van der Waals surface area contributed by atoms with Crippen molar-refractivity contribution >= 4 is 29.7 Å². The first-order chi connectivity index (χ1) is 13.3. The van der Waals surface area contributed by atoms with E-state index in [1.54, 1.807) is 24.2 Å². The van der Waals surface area contributed by atoms with Gasteiger partial charge < -0.3 is 26.1 Å². The number of fused-ring (bicyclic) bond motifs is 1. The van der Waals surface area contributed by atoms with Crippen LogP contribution in [-0.2, 0) is 11.0 Å². The maximum atomic E-state index is 13.0. The molecule has 1 aromatic heterocycles. The Labute approximate surface area is 160 Å². The summed E-state index contributed by atoms with van der Waals surface area (Å²) in [6.45, 7) is 0.875. The zero-order valence-electron chi connectivity index (χ0n) is 15.1. The van der Waals surface area contributed by atoms with E-state index in [0.717, 1.165) is 24.0 Å². The fourth-order valence-corrected chi connectivity index (χ4v) is 2.98. The Bertz CT molecular complexity index is 898. The number of nitrogens with zero attached hydrogens (tertiary/aromatic N) is 2. The van der Waals surface area contributed by atoms with Gasteiger partial charge in [-0.2, -0.15) is 13.2 Å². The van der Waals surface area contributed by atoms with Crippen LogP contribution in [0.1, 0.15) is 22.7 Å². The van der Waals surface area contributed by atoms with Crippen LogP contribution in [0.15, 0.2) is 36.5 Å². The van der Waals surface area contributed by atoms with E-state index >= 15 is 0 Å². The van der Waals surface area contributed by atoms with Crippen LogP contribution in [0.3, 0.4) is 0 Å². The molecular weight excluding hydrogens is 371 g/mol. The Hall–Kier alpha value is -3.07. The fraction of sp³-hybridized carbons (Fsp3) is 0.263. The summed E-state index contributed by atoms with van der Waals surface area (Å²) in [7, 11) is 1.74. The number of hydrogen-bond acceptors (Lipinski definition) is 6. The molecule has 1 aliphatic rings. The van der Waals surface area contributed by atoms with Crippen LogP contribution in [-0.4, -0.2) is 36.3 Å². The monoisotopic (exact) mass is 391 g/mol. The Balaban J connectivity index is 2.06. The topological polar surface area (TPSA) is 83.3 Å². The summed E-state index contributed by atoms with van der Waals surface area (Å²) >= 11 is 0. The second-order valence-corrected chi connectivity index (χ2v) is 6.34. The molecule has 1 aromatic carbocycles. The molecule has 1 atom stereocenters. The molecule has 148 valence electrons. The lowest BCUT2D eigenvalue weighted by molar-refractivity contribution is -0.137. The predicted octanol–water partition coefficient (Wildman–Crippen LogP) is 3.37. The number of anilines is 3. The summed E-state index contributed by atoms with van der Waals surface area (Å²) in [4.78, 5) is 17.8. The number of nitrogens with one attached hydrogen (secondary N) is 2. The van der Waals surface area contributed by atoms with Gasteiger partial charge in [0.2, 0.25) is 0 Å². The first-order valence-corrected chi connectivity index (χ1v) is 8.62. The molecule has 3 rings (SSSR count). The third-order valence-corrected chi connectivity index (χ3v) is 4.35. The average molecular weight is 391 g/mol. The first kappa shape index (κ1) is 19.7. The Morgan fingerprint density at radius 2 is 2.11 bits per heavy atom. The van der Waals surface area contributed by atoms with Crippen LogP contribution in [0.5, 0.6) is 0 Å². The van der Waals surface area contributed by atoms with E-state index in [2.05, 4.69) is 15.6 Å². The van der Waals surface area contributed by atoms with Crippen molar-refractivity contribution in [1.29, 1.82) is 0 Å². The standard InChI is InChI=1S/C19H20F3N5O/c1-27-8-5-12-9-16(24-7-6-23)26-18(17(12)15(27)11-28)25-14-4-2-3-13(10-14)19(20,21)22/h2-5,8-11,15H,6-7,23H2,1H3,(H2,24,25,26). The van der Waals surface area contributed by atoms with Crippen molar-refractivity contribution in [2.45, 2.75) is 12.2 Å². The third kappa shape index (κ3) is 4.09. The minimum atomic E-state index is -4.45. The lowest BCUT2D eigenvalue weighted by Crippen LogP contribution is -2.25. The zero-order valence-corrected chi connectivity index (χ0v) is 15.1. The Kier molecular flexibility index (Phi) is 5.55. The van der Waals surface area contributed by atoms with Gasteiger partial charge in [-0.25, -0.2) is 4.98 Å². The molecule has 9 heteroatoms. The summed E-state index contributed by atoms with van der Waals surface area (Å²) in [5.74, 6) is 0.821. The normalized spacial score (nSPS) is 15.9. The van der Waals surface area contributed by atoms with Crippen LogP contribution < -0.4 is 16.4 Å². The number of benzene rings is 1. The molecule has 0 aliphatic carbocycles. The van der Waals surface area contributed by atoms with Gasteiger partial charge in [0.1, 0.15) is 24.0 Å². The Morgan fingerprint density at radius 1 is 1.32 bits per heavy atom. The van der Waals surface area contributed by atoms with Crippen LogP contribution in [0.4, 0.5) is 30.5 Å². The highest BCUT2D eigenvalue weighted by Gasteiger charge is 2.31. The number of carbonyl (C=O) groups excluding carboxylic acids is 1. The highest BCUT2D eigenvalue weighted by atomic mass is 19.4. The molecule has 28 heavy (non-hydrogen) atoms. The van der Waals surface area contributed by atoms with Crippen LogP contribution >= 0.6 is 0 Å². The smallest absolute Gasteiger partial charge is 0.369 e. The molecule has 0 bridgehead atoms. The third-order valence-electron chi connectivity index (χ3n) is 4.35. The van der Waals surface area contributed by atoms with Gasteiger partial charge in [-0.3, -0.25) is 0 Å². The van der Waals surface area contributed by atoms with E-state index in [0.29, 0.717) is 30.3 Å². The van der Waals surface area contributed by atoms with Crippen molar-refractivity contribution in [3.8, 4) is 0 Å². The molecule has 1 aliphatic heterocycles. The molecule has 0 radical (unpaired) electrons. The van der Waals surface area contributed by atoms with Gasteiger partial charge in [0.25, 0.3) is 0 Å². The number of alkyl halides is 3. The average Bonchev–Trinajstić information content (AvgIpc) is 2.66. The molecule has 2 aromatic rings. The largest absolute Gasteiger partial charge is 0.416 e. The maximum Gasteiger partial charge on any atom is 0.416 e. The first-order valence-electron chi connectivity index (χ1n) is 8.62. The van der Waals surface area contributed by atoms with Crippen LogP contribution in [0.2, 0.25) is 0 Å². The van der Waals surface area contributed by atoms with Crippen molar-refractivity contribution < 1.29 is 18.0 Å². The molecule has 0 spiro atoms. The molecule has 6 nitrogen and oxygen atoms in total. The number of carbonyl (C=O) groups is 1. The van der Waals surface area contributed by atoms with E-state index in [-0.39, 0.29) is 5.69 Å². The van der Waals surface area contributed by atoms with Gasteiger partial charge >= 0.3 is 6.18 Å². The molecule has 0 saturated carbocycles. The second-order valence-electron chi connectivity index (χ2n) is 6.34. The number of nitrogens with two attached hydrogens (primary N) is 1. The minimum Gasteiger partial charge on any atom is -0.369 e. The van der Waals surface area contributed by atoms with Crippen molar-refractivity contribution in [3.05, 3.63) is 53.2 Å². The van der Waals surface area contributed by atoms with E-state index in [1.807, 2.05) is 6.08 Å². The Morgan fingerprint density at radius 3 is 2.79 bits per heavy atom. The summed E-state index contributed by atoms with van der Waals surface area (Å²) < 4.78 is 39.1. The number of pyridine rings is 1. The van der Waals surface area contributed by atoms with Crippen LogP contribution in [0.25, 0.3) is 6.08 Å². The van der Waals surface area contributed by atoms with Gasteiger partial charge in [-0.05, 0) is 35.9 Å². The van der Waals surface area contributed by atoms with Gasteiger partial charge in [-0.1, -0.05) is 6.07 Å². The molecular formula is C19H20F3N5O. The SMILES string of the molecule is CN1C=Cc2cc(NCCN)nc(Nc3cccc(C(F)(F)F)c3)c2C1C=O. The molecule has 1 unspecified atom stereocenters. The van der Waals surface area contributed by atoms with E-state index in [4.69, 9.17) is 5.73 Å². The highest BCUT2D eigenvalue weighted by molar-refractivity contribution is 5.78. The van der Waals surface area contributed by atoms with Crippen molar-refractivity contribution in [2.75, 3.05) is 30.8 Å². The van der Waals surface area contributed by atoms with Gasteiger partial charge in [0.15, 0.2) is 0 Å². The molecule has 2 heterocycles. The number of aldehydes is 1. The molecule has 0 saturated heterocycles. The van der Waals surface area contributed by atoms with Gasteiger partial charge in [0.05, 0.1) is 5.56 Å². The molecule has 0 fully saturated rings. The molecule has 0 amide bonds. The van der Waals surface area contributed by atoms with E-state index in [9.17, 15) is 18.0 Å². The second kappa shape index (κ2) is 7.89. The predicted molar refractivity (Wildman–Crippen MR) is 102 cm³/mol. The number of halogens is 3. The van der Waals surface area contributed by atoms with E-state index in [1.165, 1.54) is 12.1 Å². The number of aromatic nitrogens is 1. The fourth-order valence-electron chi connectivity index (χ4n) is 2.98. The number of rotatable bonds is 6. The number of hydrogen-bond donors (Lipinski definition) is 3. The van der Waals surface area contributed by atoms with Crippen molar-refractivity contribution in [1.82, 2.24) is 9.88 Å². The summed E-state index contributed by atoms with van der Waals surface area (Å²) in [5, 5.41) is 6.00. The van der Waals surface area contributed by atoms with E-state index < -0.39 is 17.8 Å².